The second kappa shape index (κ2) is 25.8. The van der Waals surface area contributed by atoms with Crippen molar-refractivity contribution in [3.63, 3.8) is 0 Å². The van der Waals surface area contributed by atoms with E-state index in [4.69, 9.17) is 9.84 Å². The van der Waals surface area contributed by atoms with Crippen molar-refractivity contribution in [3.8, 4) is 0 Å². The van der Waals surface area contributed by atoms with Crippen LogP contribution in [0.4, 0.5) is 9.59 Å². The van der Waals surface area contributed by atoms with E-state index in [2.05, 4.69) is 74.9 Å². The zero-order valence-electron chi connectivity index (χ0n) is 32.8. The maximum atomic E-state index is 12.9. The van der Waals surface area contributed by atoms with E-state index in [9.17, 15) is 24.0 Å². The SMILES string of the molecule is CC(=O)NC(CSC/C=C(\C)CC/C=C(\C)CC/C=C(\C)CCC=C(C)C)C(=O)NCCCCOC(=O)N1C(=O)NC2C(CCCCC(=O)O)SCC21. The molecule has 11 nitrogen and oxygen atoms in total. The van der Waals surface area contributed by atoms with Crippen LogP contribution in [0, 0.1) is 0 Å². The molecular formula is C40H64N4O7S2. The molecule has 2 aliphatic heterocycles. The van der Waals surface area contributed by atoms with Crippen LogP contribution in [-0.2, 0) is 19.1 Å². The van der Waals surface area contributed by atoms with E-state index in [1.54, 1.807) is 23.5 Å². The lowest BCUT2D eigenvalue weighted by Crippen LogP contribution is -2.47. The highest BCUT2D eigenvalue weighted by Crippen LogP contribution is 2.37. The van der Waals surface area contributed by atoms with E-state index in [1.165, 1.54) is 29.2 Å². The average molecular weight is 777 g/mol. The smallest absolute Gasteiger partial charge is 0.418 e. The first-order valence-electron chi connectivity index (χ1n) is 19.1. The summed E-state index contributed by atoms with van der Waals surface area (Å²) in [5.41, 5.74) is 5.55. The Balaban J connectivity index is 1.63. The Bertz CT molecular complexity index is 1340. The topological polar surface area (TPSA) is 154 Å². The number of carboxylic acid groups (broad SMARTS) is 1. The molecule has 0 aliphatic carbocycles. The van der Waals surface area contributed by atoms with Gasteiger partial charge in [0.15, 0.2) is 0 Å². The molecule has 0 aromatic heterocycles. The number of imide groups is 1. The number of nitrogens with zero attached hydrogens (tertiary/aromatic N) is 1. The molecular weight excluding hydrogens is 713 g/mol. The second-order valence-corrected chi connectivity index (χ2v) is 16.7. The molecule has 0 bridgehead atoms. The molecule has 2 saturated heterocycles. The van der Waals surface area contributed by atoms with Crippen molar-refractivity contribution in [1.82, 2.24) is 20.9 Å². The van der Waals surface area contributed by atoms with Gasteiger partial charge in [0.2, 0.25) is 11.8 Å². The van der Waals surface area contributed by atoms with E-state index >= 15 is 0 Å². The number of carbonyl (C=O) groups is 5. The van der Waals surface area contributed by atoms with Crippen molar-refractivity contribution in [2.45, 2.75) is 142 Å². The van der Waals surface area contributed by atoms with Gasteiger partial charge in [0.1, 0.15) is 6.04 Å². The highest BCUT2D eigenvalue weighted by Gasteiger charge is 2.51. The zero-order chi connectivity index (χ0) is 39.2. The number of nitrogens with one attached hydrogen (secondary N) is 3. The molecule has 5 amide bonds. The van der Waals surface area contributed by atoms with Crippen LogP contribution in [0.25, 0.3) is 0 Å². The van der Waals surface area contributed by atoms with Gasteiger partial charge in [0.05, 0.1) is 18.7 Å². The van der Waals surface area contributed by atoms with Crippen LogP contribution in [0.5, 0.6) is 0 Å². The fourth-order valence-electron chi connectivity index (χ4n) is 6.16. The maximum Gasteiger partial charge on any atom is 0.418 e. The van der Waals surface area contributed by atoms with Crippen molar-refractivity contribution < 1.29 is 33.8 Å². The first-order chi connectivity index (χ1) is 25.3. The predicted molar refractivity (Wildman–Crippen MR) is 217 cm³/mol. The Hall–Kier alpha value is -3.19. The summed E-state index contributed by atoms with van der Waals surface area (Å²) in [7, 11) is 0. The number of fused-ring (bicyclic) bond motifs is 1. The summed E-state index contributed by atoms with van der Waals surface area (Å²) in [6, 6.07) is -1.56. The number of urea groups is 1. The Morgan fingerprint density at radius 2 is 1.55 bits per heavy atom. The van der Waals surface area contributed by atoms with Gasteiger partial charge < -0.3 is 25.8 Å². The number of aliphatic carboxylic acids is 1. The molecule has 0 radical (unpaired) electrons. The minimum atomic E-state index is -0.814. The van der Waals surface area contributed by atoms with Gasteiger partial charge in [-0.25, -0.2) is 14.5 Å². The largest absolute Gasteiger partial charge is 0.481 e. The molecule has 0 aromatic rings. The van der Waals surface area contributed by atoms with Crippen LogP contribution < -0.4 is 16.0 Å². The van der Waals surface area contributed by atoms with Crippen molar-refractivity contribution >= 4 is 53.4 Å². The highest BCUT2D eigenvalue weighted by atomic mass is 32.2. The lowest BCUT2D eigenvalue weighted by atomic mass is 10.0. The lowest BCUT2D eigenvalue weighted by Gasteiger charge is -2.20. The fraction of sp³-hybridized carbons (Fsp3) is 0.675. The van der Waals surface area contributed by atoms with Crippen LogP contribution >= 0.6 is 23.5 Å². The van der Waals surface area contributed by atoms with Crippen LogP contribution in [0.3, 0.4) is 0 Å². The van der Waals surface area contributed by atoms with Gasteiger partial charge in [0.25, 0.3) is 0 Å². The van der Waals surface area contributed by atoms with Crippen LogP contribution in [-0.4, -0.2) is 93.7 Å². The quantitative estimate of drug-likeness (QED) is 0.0411. The molecule has 2 heterocycles. The van der Waals surface area contributed by atoms with E-state index < -0.39 is 24.1 Å². The number of amides is 5. The maximum absolute atomic E-state index is 12.9. The standard InChI is InChI=1S/C40H64N4O7S2/c1-28(2)14-11-15-29(3)16-12-17-30(4)18-13-19-31(5)22-25-52-26-33(42-32(6)45)38(48)41-23-9-10-24-51-40(50)44-34-27-53-35(37(34)43-39(44)49)20-7-8-21-36(46)47/h14,16,18,22,33-35,37H,7-13,15,17,19-21,23-27H2,1-6H3,(H,41,48)(H,42,45)(H,43,49)(H,46,47)/b29-16+,30-18+,31-22+. The first-order valence-corrected chi connectivity index (χ1v) is 21.3. The van der Waals surface area contributed by atoms with Crippen LogP contribution in [0.15, 0.2) is 46.6 Å². The Morgan fingerprint density at radius 1 is 0.906 bits per heavy atom. The minimum Gasteiger partial charge on any atom is -0.481 e. The van der Waals surface area contributed by atoms with Gasteiger partial charge >= 0.3 is 18.1 Å². The molecule has 53 heavy (non-hydrogen) atoms. The summed E-state index contributed by atoms with van der Waals surface area (Å²) < 4.78 is 5.40. The molecule has 0 spiro atoms. The lowest BCUT2D eigenvalue weighted by molar-refractivity contribution is -0.137. The monoisotopic (exact) mass is 776 g/mol. The average Bonchev–Trinajstić information content (AvgIpc) is 3.62. The number of carbonyl (C=O) groups excluding carboxylic acids is 4. The summed E-state index contributed by atoms with van der Waals surface area (Å²) >= 11 is 3.29. The fourth-order valence-corrected chi connectivity index (χ4v) is 8.76. The molecule has 2 fully saturated rings. The molecule has 2 rings (SSSR count). The number of thioether (sulfide) groups is 2. The molecule has 0 saturated carbocycles. The number of rotatable bonds is 25. The predicted octanol–water partition coefficient (Wildman–Crippen LogP) is 7.93. The van der Waals surface area contributed by atoms with E-state index in [-0.39, 0.29) is 42.2 Å². The molecule has 298 valence electrons. The van der Waals surface area contributed by atoms with E-state index in [0.717, 1.165) is 62.0 Å². The number of carboxylic acids is 1. The van der Waals surface area contributed by atoms with Gasteiger partial charge in [-0.1, -0.05) is 53.0 Å². The molecule has 2 aliphatic rings. The zero-order valence-corrected chi connectivity index (χ0v) is 34.4. The summed E-state index contributed by atoms with van der Waals surface area (Å²) in [4.78, 5) is 61.9. The number of unbranched alkanes of at least 4 members (excludes halogenated alkanes) is 2. The van der Waals surface area contributed by atoms with Crippen molar-refractivity contribution in [2.75, 3.05) is 30.4 Å². The van der Waals surface area contributed by atoms with Gasteiger partial charge in [-0.3, -0.25) is 14.4 Å². The van der Waals surface area contributed by atoms with Crippen LogP contribution in [0.1, 0.15) is 119 Å². The third-order valence-corrected chi connectivity index (χ3v) is 11.7. The van der Waals surface area contributed by atoms with Crippen molar-refractivity contribution in [3.05, 3.63) is 46.6 Å². The van der Waals surface area contributed by atoms with Crippen molar-refractivity contribution in [2.24, 2.45) is 0 Å². The van der Waals surface area contributed by atoms with Crippen LogP contribution in [0.2, 0.25) is 0 Å². The van der Waals surface area contributed by atoms with Gasteiger partial charge in [0, 0.05) is 42.4 Å². The van der Waals surface area contributed by atoms with Gasteiger partial charge in [-0.2, -0.15) is 23.5 Å². The summed E-state index contributed by atoms with van der Waals surface area (Å²) in [6.07, 6.45) is 18.2. The van der Waals surface area contributed by atoms with E-state index in [0.29, 0.717) is 37.3 Å². The summed E-state index contributed by atoms with van der Waals surface area (Å²) in [5, 5.41) is 17.5. The number of hydrogen-bond donors (Lipinski definition) is 4. The third-order valence-electron chi connectivity index (χ3n) is 9.24. The Labute approximate surface area is 326 Å². The Kier molecular flexibility index (Phi) is 22.3. The summed E-state index contributed by atoms with van der Waals surface area (Å²) in [6.45, 7) is 12.7. The molecule has 4 unspecified atom stereocenters. The number of ether oxygens (including phenoxy) is 1. The molecule has 13 heteroatoms. The number of hydrogen-bond acceptors (Lipinski definition) is 8. The normalized spacial score (nSPS) is 19.4. The Morgan fingerprint density at radius 3 is 2.17 bits per heavy atom. The highest BCUT2D eigenvalue weighted by molar-refractivity contribution is 8.00. The third kappa shape index (κ3) is 19.1. The molecule has 4 N–H and O–H groups in total. The molecule has 4 atom stereocenters. The minimum absolute atomic E-state index is 0.113. The van der Waals surface area contributed by atoms with Crippen molar-refractivity contribution in [1.29, 1.82) is 0 Å². The van der Waals surface area contributed by atoms with E-state index in [1.807, 2.05) is 0 Å². The first kappa shape index (κ1) is 46.0. The summed E-state index contributed by atoms with van der Waals surface area (Å²) in [5.74, 6) is 0.494. The van der Waals surface area contributed by atoms with Gasteiger partial charge in [-0.15, -0.1) is 0 Å². The second-order valence-electron chi connectivity index (χ2n) is 14.4. The molecule has 0 aromatic carbocycles. The number of allylic oxidation sites excluding steroid dienone is 7. The van der Waals surface area contributed by atoms with Gasteiger partial charge in [-0.05, 0) is 98.8 Å².